The van der Waals surface area contributed by atoms with Gasteiger partial charge in [-0.2, -0.15) is 0 Å². The molecule has 0 spiro atoms. The molecule has 1 heterocycles. The van der Waals surface area contributed by atoms with Crippen LogP contribution in [-0.2, 0) is 13.0 Å². The van der Waals surface area contributed by atoms with Crippen LogP contribution in [-0.4, -0.2) is 18.6 Å². The Morgan fingerprint density at radius 3 is 2.81 bits per heavy atom. The van der Waals surface area contributed by atoms with Crippen LogP contribution >= 0.6 is 11.6 Å². The van der Waals surface area contributed by atoms with E-state index >= 15 is 0 Å². The number of benzene rings is 1. The van der Waals surface area contributed by atoms with E-state index in [1.807, 2.05) is 31.2 Å². The Hall–Kier alpha value is -1.78. The number of pyridine rings is 1. The van der Waals surface area contributed by atoms with Crippen LogP contribution in [0.5, 0.6) is 11.5 Å². The first-order valence-corrected chi connectivity index (χ1v) is 7.13. The third-order valence-corrected chi connectivity index (χ3v) is 3.34. The van der Waals surface area contributed by atoms with Gasteiger partial charge in [-0.15, -0.1) is 0 Å². The van der Waals surface area contributed by atoms with Crippen LogP contribution in [0.2, 0.25) is 5.02 Å². The molecule has 0 saturated heterocycles. The molecule has 0 bridgehead atoms. The monoisotopic (exact) mass is 306 g/mol. The molecule has 0 aliphatic heterocycles. The summed E-state index contributed by atoms with van der Waals surface area (Å²) in [6, 6.07) is 9.40. The number of ether oxygens (including phenoxy) is 2. The number of hydrogen-bond donors (Lipinski definition) is 1. The zero-order valence-electron chi connectivity index (χ0n) is 12.2. The summed E-state index contributed by atoms with van der Waals surface area (Å²) >= 11 is 6.21. The van der Waals surface area contributed by atoms with Crippen molar-refractivity contribution in [1.82, 2.24) is 4.98 Å². The van der Waals surface area contributed by atoms with E-state index in [9.17, 15) is 0 Å². The number of para-hydroxylation sites is 1. The van der Waals surface area contributed by atoms with Gasteiger partial charge in [-0.05, 0) is 31.5 Å². The highest BCUT2D eigenvalue weighted by Gasteiger charge is 2.09. The fourth-order valence-electron chi connectivity index (χ4n) is 2.11. The molecule has 0 atom stereocenters. The molecule has 0 unspecified atom stereocenters. The molecule has 1 aromatic heterocycles. The second-order valence-electron chi connectivity index (χ2n) is 4.70. The maximum Gasteiger partial charge on any atom is 0.141 e. The lowest BCUT2D eigenvalue weighted by Gasteiger charge is -2.13. The summed E-state index contributed by atoms with van der Waals surface area (Å²) < 4.78 is 11.1. The Balaban J connectivity index is 2.18. The fourth-order valence-corrected chi connectivity index (χ4v) is 2.36. The van der Waals surface area contributed by atoms with Crippen molar-refractivity contribution in [3.63, 3.8) is 0 Å². The molecule has 2 rings (SSSR count). The maximum absolute atomic E-state index is 6.21. The second kappa shape index (κ2) is 7.29. The van der Waals surface area contributed by atoms with Crippen LogP contribution in [0, 0.1) is 6.92 Å². The number of rotatable bonds is 6. The minimum Gasteiger partial charge on any atom is -0.497 e. The summed E-state index contributed by atoms with van der Waals surface area (Å²) in [6.07, 6.45) is 0.723. The van der Waals surface area contributed by atoms with Gasteiger partial charge in [-0.25, -0.2) is 0 Å². The van der Waals surface area contributed by atoms with Gasteiger partial charge in [0.2, 0.25) is 0 Å². The van der Waals surface area contributed by atoms with Gasteiger partial charge < -0.3 is 15.2 Å². The van der Waals surface area contributed by atoms with E-state index in [-0.39, 0.29) is 0 Å². The zero-order chi connectivity index (χ0) is 15.2. The highest BCUT2D eigenvalue weighted by Crippen LogP contribution is 2.29. The minimum absolute atomic E-state index is 0.333. The van der Waals surface area contributed by atoms with Gasteiger partial charge in [0.25, 0.3) is 0 Å². The number of nitrogens with two attached hydrogens (primary N) is 1. The van der Waals surface area contributed by atoms with E-state index in [4.69, 9.17) is 26.8 Å². The van der Waals surface area contributed by atoms with E-state index < -0.39 is 0 Å². The van der Waals surface area contributed by atoms with Crippen LogP contribution in [0.3, 0.4) is 0 Å². The SMILES string of the molecule is COc1cc(C)nc(COc2c(Cl)cccc2CCN)c1. The van der Waals surface area contributed by atoms with E-state index in [0.29, 0.717) is 23.9 Å². The maximum atomic E-state index is 6.21. The van der Waals surface area contributed by atoms with Gasteiger partial charge in [0.05, 0.1) is 17.8 Å². The predicted octanol–water partition coefficient (Wildman–Crippen LogP) is 3.13. The molecule has 4 nitrogen and oxygen atoms in total. The van der Waals surface area contributed by atoms with Crippen molar-refractivity contribution in [1.29, 1.82) is 0 Å². The van der Waals surface area contributed by atoms with Crippen molar-refractivity contribution in [2.45, 2.75) is 20.0 Å². The van der Waals surface area contributed by atoms with Crippen molar-refractivity contribution in [2.24, 2.45) is 5.73 Å². The number of halogens is 1. The molecule has 0 fully saturated rings. The van der Waals surface area contributed by atoms with E-state index in [1.165, 1.54) is 0 Å². The summed E-state index contributed by atoms with van der Waals surface area (Å²) in [7, 11) is 1.63. The third kappa shape index (κ3) is 4.09. The molecule has 0 amide bonds. The van der Waals surface area contributed by atoms with Crippen molar-refractivity contribution >= 4 is 11.6 Å². The molecule has 2 N–H and O–H groups in total. The second-order valence-corrected chi connectivity index (χ2v) is 5.10. The molecule has 112 valence electrons. The molecule has 21 heavy (non-hydrogen) atoms. The lowest BCUT2D eigenvalue weighted by Crippen LogP contribution is -2.06. The smallest absolute Gasteiger partial charge is 0.141 e. The Morgan fingerprint density at radius 1 is 1.29 bits per heavy atom. The highest BCUT2D eigenvalue weighted by molar-refractivity contribution is 6.32. The van der Waals surface area contributed by atoms with Gasteiger partial charge in [0.15, 0.2) is 0 Å². The molecule has 2 aromatic rings. The summed E-state index contributed by atoms with van der Waals surface area (Å²) in [4.78, 5) is 4.43. The first-order chi connectivity index (χ1) is 10.1. The van der Waals surface area contributed by atoms with Crippen LogP contribution < -0.4 is 15.2 Å². The van der Waals surface area contributed by atoms with Gasteiger partial charge in [-0.1, -0.05) is 23.7 Å². The molecular weight excluding hydrogens is 288 g/mol. The average molecular weight is 307 g/mol. The van der Waals surface area contributed by atoms with E-state index in [1.54, 1.807) is 13.2 Å². The lowest BCUT2D eigenvalue weighted by atomic mass is 10.1. The Bertz CT molecular complexity index is 617. The summed E-state index contributed by atoms with van der Waals surface area (Å²) in [5.41, 5.74) is 8.30. The molecule has 0 aliphatic carbocycles. The largest absolute Gasteiger partial charge is 0.497 e. The molecule has 0 radical (unpaired) electrons. The summed E-state index contributed by atoms with van der Waals surface area (Å²) in [5.74, 6) is 1.44. The highest BCUT2D eigenvalue weighted by atomic mass is 35.5. The lowest BCUT2D eigenvalue weighted by molar-refractivity contribution is 0.297. The molecule has 0 saturated carbocycles. The van der Waals surface area contributed by atoms with Crippen molar-refractivity contribution in [2.75, 3.05) is 13.7 Å². The zero-order valence-corrected chi connectivity index (χ0v) is 13.0. The molecule has 5 heteroatoms. The molecule has 1 aromatic carbocycles. The van der Waals surface area contributed by atoms with Crippen molar-refractivity contribution in [3.8, 4) is 11.5 Å². The Labute approximate surface area is 129 Å². The third-order valence-electron chi connectivity index (χ3n) is 3.04. The van der Waals surface area contributed by atoms with Crippen LogP contribution in [0.4, 0.5) is 0 Å². The van der Waals surface area contributed by atoms with Gasteiger partial charge in [0, 0.05) is 17.8 Å². The van der Waals surface area contributed by atoms with Crippen LogP contribution in [0.1, 0.15) is 17.0 Å². The topological polar surface area (TPSA) is 57.4 Å². The first-order valence-electron chi connectivity index (χ1n) is 6.76. The van der Waals surface area contributed by atoms with Gasteiger partial charge in [0.1, 0.15) is 18.1 Å². The van der Waals surface area contributed by atoms with Gasteiger partial charge >= 0.3 is 0 Å². The fraction of sp³-hybridized carbons (Fsp3) is 0.312. The Kier molecular flexibility index (Phi) is 5.42. The number of hydrogen-bond acceptors (Lipinski definition) is 4. The average Bonchev–Trinajstić information content (AvgIpc) is 2.46. The number of methoxy groups -OCH3 is 1. The van der Waals surface area contributed by atoms with Crippen LogP contribution in [0.25, 0.3) is 0 Å². The van der Waals surface area contributed by atoms with Crippen molar-refractivity contribution in [3.05, 3.63) is 52.3 Å². The standard InChI is InChI=1S/C16H19ClN2O2/c1-11-8-14(20-2)9-13(19-11)10-21-16-12(6-7-18)4-3-5-15(16)17/h3-5,8-9H,6-7,10,18H2,1-2H3. The van der Waals surface area contributed by atoms with E-state index in [0.717, 1.165) is 29.1 Å². The van der Waals surface area contributed by atoms with E-state index in [2.05, 4.69) is 4.98 Å². The normalized spacial score (nSPS) is 10.5. The van der Waals surface area contributed by atoms with Crippen molar-refractivity contribution < 1.29 is 9.47 Å². The number of aryl methyl sites for hydroxylation is 1. The molecule has 0 aliphatic rings. The molecular formula is C16H19ClN2O2. The van der Waals surface area contributed by atoms with Gasteiger partial charge in [-0.3, -0.25) is 4.98 Å². The minimum atomic E-state index is 0.333. The number of nitrogens with zero attached hydrogens (tertiary/aromatic N) is 1. The summed E-state index contributed by atoms with van der Waals surface area (Å²) in [6.45, 7) is 2.80. The summed E-state index contributed by atoms with van der Waals surface area (Å²) in [5, 5.41) is 0.584. The quantitative estimate of drug-likeness (QED) is 0.891. The number of aromatic nitrogens is 1. The Morgan fingerprint density at radius 2 is 2.10 bits per heavy atom. The first kappa shape index (κ1) is 15.6. The predicted molar refractivity (Wildman–Crippen MR) is 84.1 cm³/mol. The van der Waals surface area contributed by atoms with Crippen LogP contribution in [0.15, 0.2) is 30.3 Å².